The van der Waals surface area contributed by atoms with Crippen LogP contribution in [0.2, 0.25) is 0 Å². The summed E-state index contributed by atoms with van der Waals surface area (Å²) in [7, 11) is 0. The van der Waals surface area contributed by atoms with Gasteiger partial charge in [-0.05, 0) is 76.7 Å². The van der Waals surface area contributed by atoms with Gasteiger partial charge in [0.05, 0.1) is 19.5 Å². The molecule has 0 saturated carbocycles. The minimum Gasteiger partial charge on any atom is -0.489 e. The van der Waals surface area contributed by atoms with Crippen LogP contribution in [0.3, 0.4) is 0 Å². The summed E-state index contributed by atoms with van der Waals surface area (Å²) >= 11 is 4.55. The summed E-state index contributed by atoms with van der Waals surface area (Å²) in [6, 6.07) is 4.07. The van der Waals surface area contributed by atoms with E-state index in [9.17, 15) is 0 Å². The van der Waals surface area contributed by atoms with Gasteiger partial charge >= 0.3 is 0 Å². The minimum atomic E-state index is 0.165. The van der Waals surface area contributed by atoms with Crippen molar-refractivity contribution in [3.05, 3.63) is 37.5 Å². The molecule has 2 rings (SSSR count). The van der Waals surface area contributed by atoms with Crippen molar-refractivity contribution in [1.82, 2.24) is 14.9 Å². The van der Waals surface area contributed by atoms with Crippen molar-refractivity contribution in [1.29, 1.82) is 0 Å². The Bertz CT molecular complexity index is 558. The highest BCUT2D eigenvalue weighted by molar-refractivity contribution is 14.1. The molecule has 0 fully saturated rings. The first-order valence-corrected chi connectivity index (χ1v) is 7.76. The summed E-state index contributed by atoms with van der Waals surface area (Å²) in [5, 5.41) is 11.6. The van der Waals surface area contributed by atoms with Gasteiger partial charge < -0.3 is 4.74 Å². The molecule has 0 aliphatic carbocycles. The molecule has 5 nitrogen and oxygen atoms in total. The normalized spacial score (nSPS) is 11.4. The molecule has 1 aromatic heterocycles. The molecule has 0 atom stereocenters. The van der Waals surface area contributed by atoms with Gasteiger partial charge in [0.2, 0.25) is 0 Å². The fourth-order valence-electron chi connectivity index (χ4n) is 1.39. The van der Waals surface area contributed by atoms with Crippen molar-refractivity contribution in [2.75, 3.05) is 0 Å². The van der Waals surface area contributed by atoms with Crippen LogP contribution >= 0.6 is 45.2 Å². The summed E-state index contributed by atoms with van der Waals surface area (Å²) in [6.45, 7) is 4.04. The van der Waals surface area contributed by atoms with Crippen molar-refractivity contribution in [2.45, 2.75) is 20.0 Å². The van der Waals surface area contributed by atoms with E-state index >= 15 is 0 Å². The number of aromatic nitrogens is 3. The summed E-state index contributed by atoms with van der Waals surface area (Å²) < 4.78 is 9.50. The molecular weight excluding hydrogens is 470 g/mol. The molecular formula is C12H12I2N4O. The Labute approximate surface area is 138 Å². The standard InChI is InChI=1S/C12H12I2N4O/c1-8(2)19-12-10(13)3-9(4-11(12)14)5-17-18-6-15-16-7-18/h3-8H,1-2H3/b17-5-. The summed E-state index contributed by atoms with van der Waals surface area (Å²) in [5.74, 6) is 0.928. The maximum atomic E-state index is 5.80. The first kappa shape index (κ1) is 14.7. The van der Waals surface area contributed by atoms with Crippen LogP contribution in [0.5, 0.6) is 5.75 Å². The Kier molecular flexibility index (Phi) is 5.13. The Hall–Kier alpha value is -0.710. The Morgan fingerprint density at radius 2 is 1.79 bits per heavy atom. The summed E-state index contributed by atoms with van der Waals surface area (Å²) in [5.41, 5.74) is 1.01. The van der Waals surface area contributed by atoms with Gasteiger partial charge in [0, 0.05) is 0 Å². The predicted molar refractivity (Wildman–Crippen MR) is 90.7 cm³/mol. The highest BCUT2D eigenvalue weighted by Gasteiger charge is 2.09. The smallest absolute Gasteiger partial charge is 0.146 e. The molecule has 0 radical (unpaired) electrons. The summed E-state index contributed by atoms with van der Waals surface area (Å²) in [6.07, 6.45) is 5.02. The van der Waals surface area contributed by atoms with Crippen LogP contribution in [0.25, 0.3) is 0 Å². The van der Waals surface area contributed by atoms with E-state index in [0.717, 1.165) is 18.5 Å². The molecule has 0 spiro atoms. The molecule has 0 bridgehead atoms. The monoisotopic (exact) mass is 482 g/mol. The molecule has 2 aromatic rings. The SMILES string of the molecule is CC(C)Oc1c(I)cc(/C=N\n2cnnc2)cc1I. The van der Waals surface area contributed by atoms with E-state index in [1.165, 1.54) is 0 Å². The topological polar surface area (TPSA) is 52.3 Å². The second kappa shape index (κ2) is 6.64. The van der Waals surface area contributed by atoms with Crippen LogP contribution in [0.4, 0.5) is 0 Å². The molecule has 1 aromatic carbocycles. The van der Waals surface area contributed by atoms with E-state index in [1.54, 1.807) is 23.5 Å². The van der Waals surface area contributed by atoms with Crippen LogP contribution in [-0.2, 0) is 0 Å². The van der Waals surface area contributed by atoms with Gasteiger partial charge in [0.1, 0.15) is 18.4 Å². The molecule has 0 amide bonds. The number of hydrogen-bond acceptors (Lipinski definition) is 4. The van der Waals surface area contributed by atoms with Gasteiger partial charge in [0.25, 0.3) is 0 Å². The first-order chi connectivity index (χ1) is 9.06. The zero-order valence-corrected chi connectivity index (χ0v) is 14.7. The number of rotatable bonds is 4. The fourth-order valence-corrected chi connectivity index (χ4v) is 3.46. The molecule has 0 unspecified atom stereocenters. The molecule has 0 aliphatic rings. The fraction of sp³-hybridized carbons (Fsp3) is 0.250. The largest absolute Gasteiger partial charge is 0.489 e. The van der Waals surface area contributed by atoms with Crippen molar-refractivity contribution < 1.29 is 4.74 Å². The number of ether oxygens (including phenoxy) is 1. The maximum Gasteiger partial charge on any atom is 0.146 e. The van der Waals surface area contributed by atoms with Crippen LogP contribution in [-0.4, -0.2) is 27.2 Å². The third-order valence-corrected chi connectivity index (χ3v) is 3.72. The third kappa shape index (κ3) is 4.13. The average molecular weight is 482 g/mol. The van der Waals surface area contributed by atoms with Gasteiger partial charge in [-0.2, -0.15) is 5.10 Å². The minimum absolute atomic E-state index is 0.165. The van der Waals surface area contributed by atoms with Gasteiger partial charge in [-0.25, -0.2) is 4.68 Å². The van der Waals surface area contributed by atoms with E-state index in [-0.39, 0.29) is 6.10 Å². The van der Waals surface area contributed by atoms with Crippen LogP contribution < -0.4 is 4.74 Å². The summed E-state index contributed by atoms with van der Waals surface area (Å²) in [4.78, 5) is 0. The second-order valence-corrected chi connectivity index (χ2v) is 6.39. The van der Waals surface area contributed by atoms with Gasteiger partial charge in [-0.15, -0.1) is 10.2 Å². The number of hydrogen-bond donors (Lipinski definition) is 0. The van der Waals surface area contributed by atoms with Gasteiger partial charge in [-0.3, -0.25) is 0 Å². The maximum absolute atomic E-state index is 5.80. The second-order valence-electron chi connectivity index (χ2n) is 4.07. The Balaban J connectivity index is 2.24. The molecule has 1 heterocycles. The van der Waals surface area contributed by atoms with E-state index in [4.69, 9.17) is 4.74 Å². The van der Waals surface area contributed by atoms with Crippen LogP contribution in [0.15, 0.2) is 29.9 Å². The van der Waals surface area contributed by atoms with E-state index in [2.05, 4.69) is 60.5 Å². The van der Waals surface area contributed by atoms with E-state index < -0.39 is 0 Å². The molecule has 0 aliphatic heterocycles. The Morgan fingerprint density at radius 1 is 1.21 bits per heavy atom. The van der Waals surface area contributed by atoms with Crippen molar-refractivity contribution in [3.8, 4) is 5.75 Å². The average Bonchev–Trinajstić information content (AvgIpc) is 2.84. The highest BCUT2D eigenvalue weighted by Crippen LogP contribution is 2.29. The number of nitrogens with zero attached hydrogens (tertiary/aromatic N) is 4. The molecule has 7 heteroatoms. The Morgan fingerprint density at radius 3 is 2.32 bits per heavy atom. The zero-order valence-electron chi connectivity index (χ0n) is 10.4. The lowest BCUT2D eigenvalue weighted by atomic mass is 10.2. The zero-order chi connectivity index (χ0) is 13.8. The van der Waals surface area contributed by atoms with Gasteiger partial charge in [0.15, 0.2) is 0 Å². The van der Waals surface area contributed by atoms with E-state index in [1.807, 2.05) is 26.0 Å². The number of halogens is 2. The molecule has 0 N–H and O–H groups in total. The highest BCUT2D eigenvalue weighted by atomic mass is 127. The predicted octanol–water partition coefficient (Wildman–Crippen LogP) is 3.16. The van der Waals surface area contributed by atoms with Crippen molar-refractivity contribution in [2.24, 2.45) is 5.10 Å². The molecule has 19 heavy (non-hydrogen) atoms. The van der Waals surface area contributed by atoms with Gasteiger partial charge in [-0.1, -0.05) is 0 Å². The van der Waals surface area contributed by atoms with Crippen molar-refractivity contribution in [3.63, 3.8) is 0 Å². The van der Waals surface area contributed by atoms with E-state index in [0.29, 0.717) is 0 Å². The van der Waals surface area contributed by atoms with Crippen LogP contribution in [0, 0.1) is 7.14 Å². The van der Waals surface area contributed by atoms with Crippen molar-refractivity contribution >= 4 is 51.4 Å². The van der Waals surface area contributed by atoms with Crippen LogP contribution in [0.1, 0.15) is 19.4 Å². The lowest BCUT2D eigenvalue weighted by Gasteiger charge is -2.13. The number of benzene rings is 1. The first-order valence-electron chi connectivity index (χ1n) is 5.61. The lowest BCUT2D eigenvalue weighted by molar-refractivity contribution is 0.239. The molecule has 100 valence electrons. The molecule has 0 saturated heterocycles. The third-order valence-electron chi connectivity index (χ3n) is 2.12. The quantitative estimate of drug-likeness (QED) is 0.498. The lowest BCUT2D eigenvalue weighted by Crippen LogP contribution is -2.08.